The molecule has 0 amide bonds. The number of halogens is 1. The van der Waals surface area contributed by atoms with Gasteiger partial charge in [0.2, 0.25) is 0 Å². The molecular formula is C10H11BrN2O4. The highest BCUT2D eigenvalue weighted by Gasteiger charge is 2.17. The fraction of sp³-hybridized carbons (Fsp3) is 0.300. The van der Waals surface area contributed by atoms with Crippen LogP contribution in [0.25, 0.3) is 0 Å². The molecule has 0 saturated carbocycles. The molecular weight excluding hydrogens is 292 g/mol. The second-order valence-corrected chi connectivity index (χ2v) is 4.21. The molecule has 17 heavy (non-hydrogen) atoms. The number of nitrogens with zero attached hydrogens (tertiary/aromatic N) is 1. The lowest BCUT2D eigenvalue weighted by molar-refractivity contribution is -0.385. The van der Waals surface area contributed by atoms with E-state index in [1.165, 1.54) is 19.2 Å². The number of rotatable bonds is 4. The predicted octanol–water partition coefficient (Wildman–Crippen LogP) is 1.92. The van der Waals surface area contributed by atoms with Crippen LogP contribution in [0.5, 0.6) is 0 Å². The maximum atomic E-state index is 11.0. The van der Waals surface area contributed by atoms with Crippen molar-refractivity contribution >= 4 is 27.6 Å². The van der Waals surface area contributed by atoms with Crippen LogP contribution in [0.1, 0.15) is 18.0 Å². The highest BCUT2D eigenvalue weighted by Crippen LogP contribution is 2.28. The molecule has 0 aliphatic carbocycles. The molecule has 0 aromatic heterocycles. The zero-order valence-corrected chi connectivity index (χ0v) is 10.6. The van der Waals surface area contributed by atoms with Crippen LogP contribution < -0.4 is 5.73 Å². The second kappa shape index (κ2) is 5.74. The molecule has 0 unspecified atom stereocenters. The van der Waals surface area contributed by atoms with Gasteiger partial charge in [0.05, 0.1) is 22.9 Å². The average Bonchev–Trinajstić information content (AvgIpc) is 2.28. The number of ether oxygens (including phenoxy) is 1. The molecule has 0 heterocycles. The topological polar surface area (TPSA) is 95.5 Å². The average molecular weight is 303 g/mol. The van der Waals surface area contributed by atoms with Crippen molar-refractivity contribution in [3.63, 3.8) is 0 Å². The molecule has 92 valence electrons. The van der Waals surface area contributed by atoms with E-state index in [2.05, 4.69) is 20.7 Å². The molecule has 6 nitrogen and oxygen atoms in total. The van der Waals surface area contributed by atoms with Gasteiger partial charge >= 0.3 is 5.97 Å². The molecule has 1 rings (SSSR count). The van der Waals surface area contributed by atoms with Crippen LogP contribution in [0.15, 0.2) is 22.7 Å². The van der Waals surface area contributed by atoms with E-state index in [0.29, 0.717) is 10.0 Å². The van der Waals surface area contributed by atoms with Crippen molar-refractivity contribution in [2.45, 2.75) is 12.5 Å². The van der Waals surface area contributed by atoms with Crippen molar-refractivity contribution in [1.82, 2.24) is 0 Å². The van der Waals surface area contributed by atoms with Crippen molar-refractivity contribution in [2.75, 3.05) is 7.11 Å². The minimum absolute atomic E-state index is 0.0186. The third-order valence-corrected chi connectivity index (χ3v) is 2.88. The summed E-state index contributed by atoms with van der Waals surface area (Å²) >= 11 is 3.07. The normalized spacial score (nSPS) is 11.9. The van der Waals surface area contributed by atoms with Gasteiger partial charge in [-0.25, -0.2) is 0 Å². The molecule has 1 atom stereocenters. The summed E-state index contributed by atoms with van der Waals surface area (Å²) in [6.07, 6.45) is -0.0186. The van der Waals surface area contributed by atoms with Gasteiger partial charge in [-0.15, -0.1) is 0 Å². The van der Waals surface area contributed by atoms with E-state index in [-0.39, 0.29) is 12.1 Å². The Morgan fingerprint density at radius 2 is 2.29 bits per heavy atom. The summed E-state index contributed by atoms with van der Waals surface area (Å²) < 4.78 is 4.85. The Morgan fingerprint density at radius 3 is 2.82 bits per heavy atom. The Hall–Kier alpha value is -1.47. The summed E-state index contributed by atoms with van der Waals surface area (Å²) in [7, 11) is 1.26. The van der Waals surface area contributed by atoms with Gasteiger partial charge in [0, 0.05) is 12.1 Å². The Balaban J connectivity index is 2.95. The predicted molar refractivity (Wildman–Crippen MR) is 64.4 cm³/mol. The first-order valence-electron chi connectivity index (χ1n) is 4.72. The molecule has 1 aromatic rings. The number of methoxy groups -OCH3 is 1. The van der Waals surface area contributed by atoms with Crippen LogP contribution in [0, 0.1) is 10.1 Å². The van der Waals surface area contributed by atoms with E-state index in [9.17, 15) is 14.9 Å². The summed E-state index contributed by atoms with van der Waals surface area (Å²) in [6.45, 7) is 0. The summed E-state index contributed by atoms with van der Waals surface area (Å²) in [4.78, 5) is 21.2. The van der Waals surface area contributed by atoms with E-state index >= 15 is 0 Å². The molecule has 0 bridgehead atoms. The van der Waals surface area contributed by atoms with E-state index < -0.39 is 16.9 Å². The summed E-state index contributed by atoms with van der Waals surface area (Å²) in [5.74, 6) is -0.455. The quantitative estimate of drug-likeness (QED) is 0.521. The Morgan fingerprint density at radius 1 is 1.65 bits per heavy atom. The van der Waals surface area contributed by atoms with Crippen molar-refractivity contribution in [1.29, 1.82) is 0 Å². The van der Waals surface area contributed by atoms with Crippen molar-refractivity contribution < 1.29 is 14.5 Å². The van der Waals surface area contributed by atoms with Crippen LogP contribution in [-0.4, -0.2) is 18.0 Å². The third-order valence-electron chi connectivity index (χ3n) is 2.21. The van der Waals surface area contributed by atoms with Gasteiger partial charge in [-0.1, -0.05) is 6.07 Å². The zero-order chi connectivity index (χ0) is 13.0. The number of benzene rings is 1. The van der Waals surface area contributed by atoms with Crippen molar-refractivity contribution in [3.05, 3.63) is 38.3 Å². The van der Waals surface area contributed by atoms with E-state index in [1.54, 1.807) is 6.07 Å². The molecule has 0 radical (unpaired) electrons. The summed E-state index contributed by atoms with van der Waals surface area (Å²) in [6, 6.07) is 3.89. The standard InChI is InChI=1S/C10H11BrN2O4/c1-17-10(14)5-8(12)6-2-3-7(11)9(4-6)13(15)16/h2-4,8H,5,12H2,1H3/t8-/m0/s1. The fourth-order valence-corrected chi connectivity index (χ4v) is 1.67. The largest absolute Gasteiger partial charge is 0.469 e. The minimum Gasteiger partial charge on any atom is -0.469 e. The fourth-order valence-electron chi connectivity index (χ4n) is 1.28. The number of hydrogen-bond acceptors (Lipinski definition) is 5. The van der Waals surface area contributed by atoms with Gasteiger partial charge < -0.3 is 10.5 Å². The SMILES string of the molecule is COC(=O)C[C@H](N)c1ccc(Br)c([N+](=O)[O-])c1. The van der Waals surface area contributed by atoms with Gasteiger partial charge in [0.1, 0.15) is 0 Å². The van der Waals surface area contributed by atoms with Crippen LogP contribution in [0.3, 0.4) is 0 Å². The van der Waals surface area contributed by atoms with Crippen LogP contribution >= 0.6 is 15.9 Å². The molecule has 0 aliphatic rings. The third kappa shape index (κ3) is 3.50. The van der Waals surface area contributed by atoms with Gasteiger partial charge in [0.25, 0.3) is 5.69 Å². The van der Waals surface area contributed by atoms with Gasteiger partial charge in [0.15, 0.2) is 0 Å². The summed E-state index contributed by atoms with van der Waals surface area (Å²) in [5.41, 5.74) is 6.19. The molecule has 2 N–H and O–H groups in total. The maximum absolute atomic E-state index is 11.0. The number of hydrogen-bond donors (Lipinski definition) is 1. The monoisotopic (exact) mass is 302 g/mol. The van der Waals surface area contributed by atoms with Gasteiger partial charge in [-0.05, 0) is 27.6 Å². The van der Waals surface area contributed by atoms with Crippen LogP contribution in [-0.2, 0) is 9.53 Å². The Kier molecular flexibility index (Phi) is 4.59. The molecule has 0 fully saturated rings. The smallest absolute Gasteiger partial charge is 0.307 e. The van der Waals surface area contributed by atoms with Crippen LogP contribution in [0.4, 0.5) is 5.69 Å². The molecule has 0 aliphatic heterocycles. The Labute approximate surface area is 106 Å². The first kappa shape index (κ1) is 13.6. The highest BCUT2D eigenvalue weighted by molar-refractivity contribution is 9.10. The molecule has 0 saturated heterocycles. The van der Waals surface area contributed by atoms with E-state index in [4.69, 9.17) is 5.73 Å². The number of carbonyl (C=O) groups excluding carboxylic acids is 1. The molecule has 1 aromatic carbocycles. The number of nitro groups is 1. The zero-order valence-electron chi connectivity index (χ0n) is 9.05. The number of nitro benzene ring substituents is 1. The van der Waals surface area contributed by atoms with Crippen LogP contribution in [0.2, 0.25) is 0 Å². The van der Waals surface area contributed by atoms with E-state index in [1.807, 2.05) is 0 Å². The van der Waals surface area contributed by atoms with E-state index in [0.717, 1.165) is 0 Å². The first-order valence-corrected chi connectivity index (χ1v) is 5.51. The molecule has 0 spiro atoms. The van der Waals surface area contributed by atoms with Crippen molar-refractivity contribution in [3.8, 4) is 0 Å². The second-order valence-electron chi connectivity index (χ2n) is 3.35. The lowest BCUT2D eigenvalue weighted by Crippen LogP contribution is -2.16. The lowest BCUT2D eigenvalue weighted by Gasteiger charge is -2.10. The number of nitrogens with two attached hydrogens (primary N) is 1. The molecule has 7 heteroatoms. The highest BCUT2D eigenvalue weighted by atomic mass is 79.9. The van der Waals surface area contributed by atoms with Gasteiger partial charge in [-0.3, -0.25) is 14.9 Å². The minimum atomic E-state index is -0.616. The number of esters is 1. The summed E-state index contributed by atoms with van der Waals surface area (Å²) in [5, 5.41) is 10.7. The Bertz CT molecular complexity index is 450. The van der Waals surface area contributed by atoms with Gasteiger partial charge in [-0.2, -0.15) is 0 Å². The lowest BCUT2D eigenvalue weighted by atomic mass is 10.0. The van der Waals surface area contributed by atoms with Crippen molar-refractivity contribution in [2.24, 2.45) is 5.73 Å². The maximum Gasteiger partial charge on any atom is 0.307 e. The first-order chi connectivity index (χ1) is 7.95. The number of carbonyl (C=O) groups is 1.